The fourth-order valence-electron chi connectivity index (χ4n) is 4.22. The highest BCUT2D eigenvalue weighted by Gasteiger charge is 2.36. The number of halogens is 1. The first-order chi connectivity index (χ1) is 15.9. The molecule has 2 fully saturated rings. The summed E-state index contributed by atoms with van der Waals surface area (Å²) >= 11 is 0. The number of nitrogens with zero attached hydrogens (tertiary/aromatic N) is 2. The van der Waals surface area contributed by atoms with Crippen LogP contribution in [-0.4, -0.2) is 36.5 Å². The standard InChI is InChI=1S/C23H24FN3O6/c1-32-20-9-6-15(11-21(20)33-17-4-2-3-5-17)25-23(29)14-10-22(28)26(13-14)16-7-8-18(24)19(12-16)27(30)31/h6-9,11-12,14,17H,2-5,10,13H2,1H3,(H,25,29). The van der Waals surface area contributed by atoms with Gasteiger partial charge in [-0.25, -0.2) is 0 Å². The van der Waals surface area contributed by atoms with Crippen LogP contribution in [0.3, 0.4) is 0 Å². The molecule has 2 aromatic rings. The summed E-state index contributed by atoms with van der Waals surface area (Å²) in [5.74, 6) is -1.26. The molecule has 33 heavy (non-hydrogen) atoms. The van der Waals surface area contributed by atoms with Crippen LogP contribution in [-0.2, 0) is 9.59 Å². The van der Waals surface area contributed by atoms with E-state index in [0.29, 0.717) is 17.2 Å². The van der Waals surface area contributed by atoms with E-state index in [0.717, 1.165) is 37.8 Å². The second-order valence-corrected chi connectivity index (χ2v) is 8.18. The third-order valence-electron chi connectivity index (χ3n) is 5.96. The normalized spacial score (nSPS) is 18.4. The van der Waals surface area contributed by atoms with E-state index in [9.17, 15) is 24.1 Å². The summed E-state index contributed by atoms with van der Waals surface area (Å²) in [7, 11) is 1.55. The Morgan fingerprint density at radius 2 is 1.94 bits per heavy atom. The molecule has 0 bridgehead atoms. The predicted octanol–water partition coefficient (Wildman–Crippen LogP) is 4.06. The van der Waals surface area contributed by atoms with Gasteiger partial charge < -0.3 is 19.7 Å². The number of carbonyl (C=O) groups excluding carboxylic acids is 2. The van der Waals surface area contributed by atoms with Gasteiger partial charge in [0.15, 0.2) is 11.5 Å². The summed E-state index contributed by atoms with van der Waals surface area (Å²) in [4.78, 5) is 36.8. The van der Waals surface area contributed by atoms with Crippen molar-refractivity contribution in [1.29, 1.82) is 0 Å². The van der Waals surface area contributed by atoms with Gasteiger partial charge in [-0.1, -0.05) is 0 Å². The number of amides is 2. The van der Waals surface area contributed by atoms with E-state index in [1.54, 1.807) is 25.3 Å². The average molecular weight is 457 g/mol. The predicted molar refractivity (Wildman–Crippen MR) is 118 cm³/mol. The lowest BCUT2D eigenvalue weighted by molar-refractivity contribution is -0.387. The van der Waals surface area contributed by atoms with Crippen molar-refractivity contribution in [2.45, 2.75) is 38.2 Å². The number of nitrogens with one attached hydrogen (secondary N) is 1. The Labute approximate surface area is 189 Å². The van der Waals surface area contributed by atoms with E-state index < -0.39 is 22.3 Å². The van der Waals surface area contributed by atoms with Gasteiger partial charge in [0, 0.05) is 30.8 Å². The Kier molecular flexibility index (Phi) is 6.43. The number of hydrogen-bond donors (Lipinski definition) is 1. The second-order valence-electron chi connectivity index (χ2n) is 8.18. The number of nitro groups is 1. The highest BCUT2D eigenvalue weighted by molar-refractivity contribution is 6.03. The van der Waals surface area contributed by atoms with E-state index in [4.69, 9.17) is 9.47 Å². The van der Waals surface area contributed by atoms with Crippen molar-refractivity contribution in [3.63, 3.8) is 0 Å². The molecule has 2 aromatic carbocycles. The molecule has 0 spiro atoms. The van der Waals surface area contributed by atoms with Crippen LogP contribution in [0.2, 0.25) is 0 Å². The summed E-state index contributed by atoms with van der Waals surface area (Å²) in [6.45, 7) is 0.0367. The van der Waals surface area contributed by atoms with E-state index in [1.165, 1.54) is 11.0 Å². The molecule has 10 heteroatoms. The molecular formula is C23H24FN3O6. The van der Waals surface area contributed by atoms with Crippen LogP contribution in [0.1, 0.15) is 32.1 Å². The molecule has 1 atom stereocenters. The first-order valence-electron chi connectivity index (χ1n) is 10.8. The van der Waals surface area contributed by atoms with Gasteiger partial charge in [0.1, 0.15) is 0 Å². The Balaban J connectivity index is 1.45. The molecule has 1 aliphatic heterocycles. The Bertz CT molecular complexity index is 1090. The van der Waals surface area contributed by atoms with Crippen molar-refractivity contribution < 1.29 is 28.4 Å². The van der Waals surface area contributed by atoms with E-state index >= 15 is 0 Å². The summed E-state index contributed by atoms with van der Waals surface area (Å²) in [5, 5.41) is 13.8. The molecule has 1 saturated heterocycles. The molecule has 1 heterocycles. The van der Waals surface area contributed by atoms with E-state index in [1.807, 2.05) is 0 Å². The van der Waals surface area contributed by atoms with Crippen LogP contribution < -0.4 is 19.7 Å². The zero-order chi connectivity index (χ0) is 23.5. The van der Waals surface area contributed by atoms with Crippen molar-refractivity contribution in [3.8, 4) is 11.5 Å². The highest BCUT2D eigenvalue weighted by atomic mass is 19.1. The number of benzene rings is 2. The molecule has 1 saturated carbocycles. The van der Waals surface area contributed by atoms with Crippen LogP contribution in [0.25, 0.3) is 0 Å². The number of carbonyl (C=O) groups is 2. The zero-order valence-electron chi connectivity index (χ0n) is 18.1. The van der Waals surface area contributed by atoms with Crippen molar-refractivity contribution in [2.75, 3.05) is 23.9 Å². The molecule has 1 N–H and O–H groups in total. The minimum Gasteiger partial charge on any atom is -0.493 e. The summed E-state index contributed by atoms with van der Waals surface area (Å²) < 4.78 is 25.1. The average Bonchev–Trinajstić information content (AvgIpc) is 3.44. The first kappa shape index (κ1) is 22.5. The maximum absolute atomic E-state index is 13.6. The number of methoxy groups -OCH3 is 1. The maximum atomic E-state index is 13.6. The molecule has 0 aromatic heterocycles. The largest absolute Gasteiger partial charge is 0.493 e. The molecular weight excluding hydrogens is 433 g/mol. The lowest BCUT2D eigenvalue weighted by Crippen LogP contribution is -2.28. The fraction of sp³-hybridized carbons (Fsp3) is 0.391. The van der Waals surface area contributed by atoms with E-state index in [2.05, 4.69) is 5.32 Å². The number of rotatable bonds is 7. The number of hydrogen-bond acceptors (Lipinski definition) is 6. The molecule has 4 rings (SSSR count). The van der Waals surface area contributed by atoms with Gasteiger partial charge in [-0.15, -0.1) is 0 Å². The first-order valence-corrected chi connectivity index (χ1v) is 10.8. The molecule has 1 unspecified atom stereocenters. The van der Waals surface area contributed by atoms with Gasteiger partial charge in [0.05, 0.1) is 29.7 Å². The molecule has 9 nitrogen and oxygen atoms in total. The van der Waals surface area contributed by atoms with Gasteiger partial charge in [-0.2, -0.15) is 4.39 Å². The minimum absolute atomic E-state index is 0.0367. The van der Waals surface area contributed by atoms with Gasteiger partial charge >= 0.3 is 5.69 Å². The Morgan fingerprint density at radius 1 is 1.18 bits per heavy atom. The third-order valence-corrected chi connectivity index (χ3v) is 5.96. The molecule has 0 radical (unpaired) electrons. The van der Waals surface area contributed by atoms with Crippen LogP contribution in [0.5, 0.6) is 11.5 Å². The Morgan fingerprint density at radius 3 is 2.64 bits per heavy atom. The maximum Gasteiger partial charge on any atom is 0.306 e. The van der Waals surface area contributed by atoms with Gasteiger partial charge in [0.2, 0.25) is 17.6 Å². The lowest BCUT2D eigenvalue weighted by atomic mass is 10.1. The molecule has 174 valence electrons. The smallest absolute Gasteiger partial charge is 0.306 e. The van der Waals surface area contributed by atoms with Crippen molar-refractivity contribution in [3.05, 3.63) is 52.3 Å². The van der Waals surface area contributed by atoms with Crippen molar-refractivity contribution in [1.82, 2.24) is 0 Å². The quantitative estimate of drug-likeness (QED) is 0.496. The fourth-order valence-corrected chi connectivity index (χ4v) is 4.22. The summed E-state index contributed by atoms with van der Waals surface area (Å²) in [6.07, 6.45) is 4.24. The van der Waals surface area contributed by atoms with Crippen LogP contribution >= 0.6 is 0 Å². The van der Waals surface area contributed by atoms with Crippen molar-refractivity contribution in [2.24, 2.45) is 5.92 Å². The number of ether oxygens (including phenoxy) is 2. The topological polar surface area (TPSA) is 111 Å². The van der Waals surface area contributed by atoms with Crippen LogP contribution in [0, 0.1) is 21.8 Å². The summed E-state index contributed by atoms with van der Waals surface area (Å²) in [5.41, 5.74) is -0.0292. The van der Waals surface area contributed by atoms with Crippen molar-refractivity contribution >= 4 is 28.9 Å². The van der Waals surface area contributed by atoms with Gasteiger partial charge in [0.25, 0.3) is 0 Å². The highest BCUT2D eigenvalue weighted by Crippen LogP contribution is 2.35. The van der Waals surface area contributed by atoms with Gasteiger partial charge in [-0.05, 0) is 49.9 Å². The third kappa shape index (κ3) is 4.89. The van der Waals surface area contributed by atoms with Gasteiger partial charge in [-0.3, -0.25) is 19.7 Å². The number of anilines is 2. The second kappa shape index (κ2) is 9.43. The SMILES string of the molecule is COc1ccc(NC(=O)C2CC(=O)N(c3ccc(F)c([N+](=O)[O-])c3)C2)cc1OC1CCCC1. The monoisotopic (exact) mass is 457 g/mol. The Hall–Kier alpha value is -3.69. The lowest BCUT2D eigenvalue weighted by Gasteiger charge is -2.18. The number of nitro benzene ring substituents is 1. The zero-order valence-corrected chi connectivity index (χ0v) is 18.1. The summed E-state index contributed by atoms with van der Waals surface area (Å²) in [6, 6.07) is 8.34. The minimum atomic E-state index is -0.986. The molecule has 1 aliphatic carbocycles. The van der Waals surface area contributed by atoms with Crippen LogP contribution in [0.4, 0.5) is 21.5 Å². The molecule has 2 aliphatic rings. The molecule has 2 amide bonds. The van der Waals surface area contributed by atoms with Crippen LogP contribution in [0.15, 0.2) is 36.4 Å². The van der Waals surface area contributed by atoms with E-state index in [-0.39, 0.29) is 36.6 Å².